The molecule has 0 atom stereocenters. The number of nitrogens with zero attached hydrogens (tertiary/aromatic N) is 3. The standard InChI is InChI=1S/C38H27N3Si/c1-4-16-28(17-5-1)37-38(40-34-25-13-12-24-33(34)39-37)42(29-18-6-2-7-19-29,30-20-8-3-9-21-30)41-35-26-14-10-22-31(35)32-23-11-15-27-36(32)41/h1-27H. The molecule has 0 aliphatic rings. The molecule has 0 fully saturated rings. The van der Waals surface area contributed by atoms with Gasteiger partial charge in [-0.2, -0.15) is 0 Å². The van der Waals surface area contributed by atoms with Crippen molar-refractivity contribution in [2.24, 2.45) is 0 Å². The minimum Gasteiger partial charge on any atom is -0.354 e. The Morgan fingerprint density at radius 1 is 0.405 bits per heavy atom. The van der Waals surface area contributed by atoms with Gasteiger partial charge < -0.3 is 4.23 Å². The van der Waals surface area contributed by atoms with Gasteiger partial charge in [0.1, 0.15) is 0 Å². The van der Waals surface area contributed by atoms with Crippen molar-refractivity contribution < 1.29 is 0 Å². The van der Waals surface area contributed by atoms with Crippen molar-refractivity contribution in [3.8, 4) is 11.3 Å². The molecular weight excluding hydrogens is 527 g/mol. The number of rotatable bonds is 5. The van der Waals surface area contributed by atoms with Gasteiger partial charge >= 0.3 is 0 Å². The third-order valence-corrected chi connectivity index (χ3v) is 12.8. The maximum Gasteiger partial charge on any atom is 0.279 e. The second-order valence-corrected chi connectivity index (χ2v) is 14.1. The van der Waals surface area contributed by atoms with E-state index in [1.165, 1.54) is 32.2 Å². The summed E-state index contributed by atoms with van der Waals surface area (Å²) in [5.74, 6) is 0. The normalized spacial score (nSPS) is 11.8. The van der Waals surface area contributed by atoms with E-state index in [1.54, 1.807) is 0 Å². The van der Waals surface area contributed by atoms with Crippen LogP contribution in [-0.2, 0) is 0 Å². The van der Waals surface area contributed by atoms with Crippen LogP contribution >= 0.6 is 0 Å². The fourth-order valence-corrected chi connectivity index (χ4v) is 11.4. The lowest BCUT2D eigenvalue weighted by atomic mass is 10.1. The first-order valence-electron chi connectivity index (χ1n) is 14.3. The van der Waals surface area contributed by atoms with Gasteiger partial charge in [0.05, 0.1) is 22.0 Å². The Morgan fingerprint density at radius 2 is 0.833 bits per heavy atom. The van der Waals surface area contributed by atoms with E-state index in [4.69, 9.17) is 9.97 Å². The Bertz CT molecular complexity index is 2100. The lowest BCUT2D eigenvalue weighted by Gasteiger charge is -2.36. The van der Waals surface area contributed by atoms with Crippen molar-refractivity contribution in [3.05, 3.63) is 164 Å². The van der Waals surface area contributed by atoms with Crippen LogP contribution in [0.2, 0.25) is 0 Å². The van der Waals surface area contributed by atoms with Crippen LogP contribution in [0.3, 0.4) is 0 Å². The van der Waals surface area contributed by atoms with E-state index in [9.17, 15) is 0 Å². The van der Waals surface area contributed by atoms with Crippen LogP contribution in [0.25, 0.3) is 44.1 Å². The summed E-state index contributed by atoms with van der Waals surface area (Å²) in [5.41, 5.74) is 6.19. The van der Waals surface area contributed by atoms with Crippen LogP contribution in [0.4, 0.5) is 0 Å². The molecule has 0 aliphatic heterocycles. The van der Waals surface area contributed by atoms with E-state index in [2.05, 4.69) is 162 Å². The molecule has 0 unspecified atom stereocenters. The fourth-order valence-electron chi connectivity index (χ4n) is 6.50. The molecule has 0 N–H and O–H groups in total. The van der Waals surface area contributed by atoms with Crippen molar-refractivity contribution in [2.45, 2.75) is 0 Å². The summed E-state index contributed by atoms with van der Waals surface area (Å²) < 4.78 is 2.63. The van der Waals surface area contributed by atoms with Crippen molar-refractivity contribution in [1.29, 1.82) is 0 Å². The molecule has 42 heavy (non-hydrogen) atoms. The van der Waals surface area contributed by atoms with E-state index in [1.807, 2.05) is 6.07 Å². The van der Waals surface area contributed by atoms with Crippen LogP contribution in [-0.4, -0.2) is 22.4 Å². The predicted octanol–water partition coefficient (Wildman–Crippen LogP) is 6.92. The average Bonchev–Trinajstić information content (AvgIpc) is 3.41. The van der Waals surface area contributed by atoms with Gasteiger partial charge in [-0.15, -0.1) is 0 Å². The van der Waals surface area contributed by atoms with Crippen molar-refractivity contribution >= 4 is 56.8 Å². The Balaban J connectivity index is 1.66. The van der Waals surface area contributed by atoms with Gasteiger partial charge in [-0.3, -0.25) is 4.98 Å². The van der Waals surface area contributed by atoms with E-state index in [0.29, 0.717) is 0 Å². The third-order valence-electron chi connectivity index (χ3n) is 8.26. The number of hydrogen-bond donors (Lipinski definition) is 0. The Kier molecular flexibility index (Phi) is 5.80. The van der Waals surface area contributed by atoms with Crippen molar-refractivity contribution in [1.82, 2.24) is 14.2 Å². The monoisotopic (exact) mass is 553 g/mol. The second kappa shape index (κ2) is 9.95. The van der Waals surface area contributed by atoms with Gasteiger partial charge in [0, 0.05) is 27.4 Å². The van der Waals surface area contributed by atoms with Crippen LogP contribution in [0.1, 0.15) is 0 Å². The molecule has 0 saturated heterocycles. The molecule has 0 aliphatic carbocycles. The lowest BCUT2D eigenvalue weighted by Crippen LogP contribution is -2.73. The topological polar surface area (TPSA) is 30.7 Å². The molecule has 8 rings (SSSR count). The van der Waals surface area contributed by atoms with Gasteiger partial charge in [-0.25, -0.2) is 4.98 Å². The van der Waals surface area contributed by atoms with Crippen LogP contribution in [0.15, 0.2) is 164 Å². The Labute approximate surface area is 245 Å². The number of benzene rings is 6. The highest BCUT2D eigenvalue weighted by Crippen LogP contribution is 2.33. The van der Waals surface area contributed by atoms with E-state index >= 15 is 0 Å². The molecule has 0 amide bonds. The number of para-hydroxylation sites is 4. The number of fused-ring (bicyclic) bond motifs is 4. The highest BCUT2D eigenvalue weighted by atomic mass is 28.3. The Hall–Kier alpha value is -5.32. The summed E-state index contributed by atoms with van der Waals surface area (Å²) in [6, 6.07) is 58.4. The van der Waals surface area contributed by atoms with Crippen LogP contribution < -0.4 is 15.7 Å². The maximum atomic E-state index is 5.62. The highest BCUT2D eigenvalue weighted by Gasteiger charge is 2.48. The van der Waals surface area contributed by atoms with Crippen LogP contribution in [0.5, 0.6) is 0 Å². The summed E-state index contributed by atoms with van der Waals surface area (Å²) in [7, 11) is -3.18. The first kappa shape index (κ1) is 24.5. The zero-order valence-corrected chi connectivity index (χ0v) is 23.9. The summed E-state index contributed by atoms with van der Waals surface area (Å²) >= 11 is 0. The van der Waals surface area contributed by atoms with Gasteiger partial charge in [-0.05, 0) is 34.6 Å². The van der Waals surface area contributed by atoms with Gasteiger partial charge in [-0.1, -0.05) is 140 Å². The molecule has 3 nitrogen and oxygen atoms in total. The minimum atomic E-state index is -3.18. The molecule has 0 spiro atoms. The minimum absolute atomic E-state index is 0.895. The van der Waals surface area contributed by atoms with Gasteiger partial charge in [0.25, 0.3) is 8.24 Å². The van der Waals surface area contributed by atoms with Gasteiger partial charge in [0.2, 0.25) is 0 Å². The zero-order valence-electron chi connectivity index (χ0n) is 22.9. The lowest BCUT2D eigenvalue weighted by molar-refractivity contribution is 1.26. The third kappa shape index (κ3) is 3.66. The second-order valence-electron chi connectivity index (χ2n) is 10.6. The molecule has 198 valence electrons. The Morgan fingerprint density at radius 3 is 1.38 bits per heavy atom. The van der Waals surface area contributed by atoms with E-state index in [-0.39, 0.29) is 0 Å². The quantitative estimate of drug-likeness (QED) is 0.217. The smallest absolute Gasteiger partial charge is 0.279 e. The molecule has 8 aromatic rings. The first-order chi connectivity index (χ1) is 20.9. The summed E-state index contributed by atoms with van der Waals surface area (Å²) in [4.78, 5) is 11.0. The molecule has 0 radical (unpaired) electrons. The zero-order chi connectivity index (χ0) is 27.9. The average molecular weight is 554 g/mol. The molecule has 0 saturated carbocycles. The van der Waals surface area contributed by atoms with E-state index in [0.717, 1.165) is 27.6 Å². The largest absolute Gasteiger partial charge is 0.354 e. The molecule has 6 aromatic carbocycles. The molecule has 4 heteroatoms. The summed E-state index contributed by atoms with van der Waals surface area (Å²) in [5, 5.41) is 6.02. The summed E-state index contributed by atoms with van der Waals surface area (Å²) in [6.07, 6.45) is 0. The molecule has 2 heterocycles. The molecular formula is C38H27N3Si. The molecule has 2 aromatic heterocycles. The maximum absolute atomic E-state index is 5.62. The fraction of sp³-hybridized carbons (Fsp3) is 0. The van der Waals surface area contributed by atoms with Crippen LogP contribution in [0, 0.1) is 0 Å². The number of aromatic nitrogens is 3. The first-order valence-corrected chi connectivity index (χ1v) is 16.2. The SMILES string of the molecule is c1ccc(-c2nc3ccccc3nc2[Si](c2ccccc2)(c2ccccc2)n2c3ccccc3c3ccccc32)cc1. The van der Waals surface area contributed by atoms with Crippen molar-refractivity contribution in [2.75, 3.05) is 0 Å². The predicted molar refractivity (Wildman–Crippen MR) is 177 cm³/mol. The van der Waals surface area contributed by atoms with Crippen molar-refractivity contribution in [3.63, 3.8) is 0 Å². The van der Waals surface area contributed by atoms with E-state index < -0.39 is 8.24 Å². The van der Waals surface area contributed by atoms with Gasteiger partial charge in [0.15, 0.2) is 0 Å². The molecule has 0 bridgehead atoms. The summed E-state index contributed by atoms with van der Waals surface area (Å²) in [6.45, 7) is 0. The highest BCUT2D eigenvalue weighted by molar-refractivity contribution is 7.11. The number of hydrogen-bond acceptors (Lipinski definition) is 2.